The molecule has 0 heterocycles. The van der Waals surface area contributed by atoms with Crippen molar-refractivity contribution in [2.24, 2.45) is 0 Å². The van der Waals surface area contributed by atoms with Gasteiger partial charge in [-0.3, -0.25) is 9.59 Å². The summed E-state index contributed by atoms with van der Waals surface area (Å²) in [4.78, 5) is 37.1. The Bertz CT molecular complexity index is 1080. The van der Waals surface area contributed by atoms with Gasteiger partial charge in [0.1, 0.15) is 6.61 Å². The second-order valence-electron chi connectivity index (χ2n) is 18.1. The average Bonchev–Trinajstić information content (AvgIpc) is 3.21. The molecule has 0 aromatic carbocycles. The predicted octanol–water partition coefficient (Wildman–Crippen LogP) is 14.2. The third-order valence-corrected chi connectivity index (χ3v) is 11.3. The normalized spacial score (nSPS) is 13.2. The van der Waals surface area contributed by atoms with E-state index in [-0.39, 0.29) is 36.2 Å². The van der Waals surface area contributed by atoms with Gasteiger partial charge in [-0.1, -0.05) is 198 Å². The highest BCUT2D eigenvalue weighted by atomic mass is 16.6. The number of nitrogens with zero attached hydrogens (tertiary/aromatic N) is 1. The van der Waals surface area contributed by atoms with Gasteiger partial charge in [0, 0.05) is 19.3 Å². The smallest absolute Gasteiger partial charge is 0.362 e. The molecule has 0 radical (unpaired) electrons. The molecule has 0 saturated carbocycles. The van der Waals surface area contributed by atoms with Crippen molar-refractivity contribution in [3.8, 4) is 0 Å². The van der Waals surface area contributed by atoms with Crippen molar-refractivity contribution < 1.29 is 38.2 Å². The maximum atomic E-state index is 12.8. The van der Waals surface area contributed by atoms with Gasteiger partial charge in [-0.05, 0) is 44.9 Å². The summed E-state index contributed by atoms with van der Waals surface area (Å²) in [5.74, 6) is -1.46. The van der Waals surface area contributed by atoms with Crippen molar-refractivity contribution in [3.05, 3.63) is 36.5 Å². The number of unbranched alkanes of at least 4 members (excludes halogenated alkanes) is 25. The quantitative estimate of drug-likeness (QED) is 0.0282. The van der Waals surface area contributed by atoms with Gasteiger partial charge >= 0.3 is 17.9 Å². The number of ether oxygens (including phenoxy) is 3. The lowest BCUT2D eigenvalue weighted by Gasteiger charge is -2.31. The summed E-state index contributed by atoms with van der Waals surface area (Å²) >= 11 is 0. The molecular formula is C52H96NO7+. The Morgan fingerprint density at radius 1 is 0.517 bits per heavy atom. The molecule has 2 unspecified atom stereocenters. The lowest BCUT2D eigenvalue weighted by Crippen LogP contribution is -2.50. The van der Waals surface area contributed by atoms with Gasteiger partial charge in [-0.15, -0.1) is 0 Å². The molecule has 0 saturated heterocycles. The van der Waals surface area contributed by atoms with E-state index >= 15 is 0 Å². The molecule has 0 aromatic rings. The van der Waals surface area contributed by atoms with Crippen LogP contribution in [0.3, 0.4) is 0 Å². The molecule has 0 fully saturated rings. The molecule has 0 aliphatic carbocycles. The largest absolute Gasteiger partial charge is 0.477 e. The number of carbonyl (C=O) groups excluding carboxylic acids is 2. The van der Waals surface area contributed by atoms with E-state index in [9.17, 15) is 19.5 Å². The number of rotatable bonds is 45. The zero-order chi connectivity index (χ0) is 44.2. The fourth-order valence-electron chi connectivity index (χ4n) is 7.46. The van der Waals surface area contributed by atoms with Gasteiger partial charge in [0.2, 0.25) is 0 Å². The molecule has 0 bridgehead atoms. The van der Waals surface area contributed by atoms with Gasteiger partial charge in [0.25, 0.3) is 0 Å². The van der Waals surface area contributed by atoms with E-state index in [4.69, 9.17) is 14.2 Å². The molecule has 0 aliphatic heterocycles. The third kappa shape index (κ3) is 40.9. The van der Waals surface area contributed by atoms with Crippen molar-refractivity contribution in [1.29, 1.82) is 0 Å². The average molecular weight is 847 g/mol. The van der Waals surface area contributed by atoms with E-state index in [1.54, 1.807) is 0 Å². The summed E-state index contributed by atoms with van der Waals surface area (Å²) in [6.45, 7) is 4.66. The molecule has 1 N–H and O–H groups in total. The van der Waals surface area contributed by atoms with E-state index in [0.29, 0.717) is 19.3 Å². The first-order valence-electron chi connectivity index (χ1n) is 25.0. The number of carboxylic acids is 1. The Morgan fingerprint density at radius 2 is 0.933 bits per heavy atom. The molecule has 0 spiro atoms. The van der Waals surface area contributed by atoms with Gasteiger partial charge in [-0.25, -0.2) is 4.79 Å². The lowest BCUT2D eigenvalue weighted by atomic mass is 10.0. The van der Waals surface area contributed by atoms with Crippen LogP contribution in [0, 0.1) is 0 Å². The zero-order valence-corrected chi connectivity index (χ0v) is 39.9. The van der Waals surface area contributed by atoms with Crippen molar-refractivity contribution in [1.82, 2.24) is 0 Å². The number of quaternary nitrogens is 1. The summed E-state index contributed by atoms with van der Waals surface area (Å²) < 4.78 is 17.4. The van der Waals surface area contributed by atoms with Crippen LogP contribution in [-0.4, -0.2) is 80.6 Å². The number of carbonyl (C=O) groups is 3. The summed E-state index contributed by atoms with van der Waals surface area (Å²) in [6, 6.07) is -0.613. The van der Waals surface area contributed by atoms with E-state index in [1.807, 2.05) is 21.1 Å². The number of aliphatic carboxylic acids is 1. The number of hydrogen-bond acceptors (Lipinski definition) is 6. The second-order valence-corrected chi connectivity index (χ2v) is 18.1. The van der Waals surface area contributed by atoms with E-state index < -0.39 is 18.1 Å². The van der Waals surface area contributed by atoms with Crippen molar-refractivity contribution in [2.75, 3.05) is 41.0 Å². The first-order chi connectivity index (χ1) is 29.1. The Hall–Kier alpha value is -2.45. The van der Waals surface area contributed by atoms with Crippen LogP contribution in [0.4, 0.5) is 0 Å². The van der Waals surface area contributed by atoms with Crippen molar-refractivity contribution in [2.45, 2.75) is 238 Å². The van der Waals surface area contributed by atoms with Gasteiger partial charge < -0.3 is 23.8 Å². The van der Waals surface area contributed by atoms with Crippen LogP contribution in [0.25, 0.3) is 0 Å². The molecular weight excluding hydrogens is 751 g/mol. The van der Waals surface area contributed by atoms with Crippen LogP contribution in [0.2, 0.25) is 0 Å². The van der Waals surface area contributed by atoms with Crippen LogP contribution in [0.5, 0.6) is 0 Å². The molecule has 0 aromatic heterocycles. The highest BCUT2D eigenvalue weighted by Crippen LogP contribution is 2.16. The summed E-state index contributed by atoms with van der Waals surface area (Å²) in [6.07, 6.45) is 50.4. The monoisotopic (exact) mass is 847 g/mol. The molecule has 8 heteroatoms. The molecule has 0 rings (SSSR count). The Kier molecular flexibility index (Phi) is 41.4. The first-order valence-corrected chi connectivity index (χ1v) is 25.0. The number of likely N-dealkylation sites (N-methyl/N-ethyl adjacent to an activating group) is 1. The molecule has 8 nitrogen and oxygen atoms in total. The van der Waals surface area contributed by atoms with Gasteiger partial charge in [0.05, 0.1) is 34.4 Å². The summed E-state index contributed by atoms with van der Waals surface area (Å²) in [5.41, 5.74) is 0. The van der Waals surface area contributed by atoms with Gasteiger partial charge in [0.15, 0.2) is 12.1 Å². The molecule has 350 valence electrons. The first kappa shape index (κ1) is 57.5. The van der Waals surface area contributed by atoms with Crippen molar-refractivity contribution in [3.63, 3.8) is 0 Å². The molecule has 2 atom stereocenters. The second kappa shape index (κ2) is 43.2. The topological polar surface area (TPSA) is 99.1 Å². The maximum absolute atomic E-state index is 12.8. The zero-order valence-electron chi connectivity index (χ0n) is 39.9. The number of hydrogen-bond donors (Lipinski definition) is 1. The van der Waals surface area contributed by atoms with Crippen LogP contribution in [0.15, 0.2) is 36.5 Å². The van der Waals surface area contributed by atoms with Crippen LogP contribution < -0.4 is 0 Å². The van der Waals surface area contributed by atoms with Crippen LogP contribution >= 0.6 is 0 Å². The minimum absolute atomic E-state index is 0.0488. The lowest BCUT2D eigenvalue weighted by molar-refractivity contribution is -0.887. The third-order valence-electron chi connectivity index (χ3n) is 11.3. The van der Waals surface area contributed by atoms with Crippen LogP contribution in [0.1, 0.15) is 226 Å². The summed E-state index contributed by atoms with van der Waals surface area (Å²) in [5, 5.41) is 9.64. The van der Waals surface area contributed by atoms with Gasteiger partial charge in [-0.2, -0.15) is 0 Å². The predicted molar refractivity (Wildman–Crippen MR) is 252 cm³/mol. The SMILES string of the molecule is CC/C=C/C/C=C/C/C=C/CCCCCCCCCCCCCC(=O)OCC(COCCC(C(=O)O)[N+](C)(C)C)OC(=O)CCCCCCCCCCCCCCCCC. The minimum Gasteiger partial charge on any atom is -0.477 e. The van der Waals surface area contributed by atoms with Crippen LogP contribution in [-0.2, 0) is 28.6 Å². The highest BCUT2D eigenvalue weighted by molar-refractivity contribution is 5.72. The number of esters is 2. The fourth-order valence-corrected chi connectivity index (χ4v) is 7.46. The molecule has 60 heavy (non-hydrogen) atoms. The fraction of sp³-hybridized carbons (Fsp3) is 0.827. The molecule has 0 amide bonds. The highest BCUT2D eigenvalue weighted by Gasteiger charge is 2.31. The Morgan fingerprint density at radius 3 is 1.38 bits per heavy atom. The summed E-state index contributed by atoms with van der Waals surface area (Å²) in [7, 11) is 5.54. The number of allylic oxidation sites excluding steroid dienone is 6. The van der Waals surface area contributed by atoms with E-state index in [2.05, 4.69) is 50.3 Å². The van der Waals surface area contributed by atoms with E-state index in [1.165, 1.54) is 135 Å². The minimum atomic E-state index is -0.873. The number of carboxylic acid groups (broad SMARTS) is 1. The Balaban J connectivity index is 4.21. The van der Waals surface area contributed by atoms with Crippen molar-refractivity contribution >= 4 is 17.9 Å². The maximum Gasteiger partial charge on any atom is 0.362 e. The standard InChI is InChI=1S/C52H95NO7/c1-6-8-10-12-14-16-18-20-22-23-24-25-26-27-29-30-32-34-36-38-40-42-50(54)59-47-48(46-58-45-44-49(52(56)57)53(3,4)5)60-51(55)43-41-39-37-35-33-31-28-21-19-17-15-13-11-9-7-2/h8,10,14,16,20,22,48-49H,6-7,9,11-13,15,17-19,21,23-47H2,1-5H3/p+1/b10-8+,16-14+,22-20+. The molecule has 0 aliphatic rings. The Labute approximate surface area is 370 Å². The van der Waals surface area contributed by atoms with E-state index in [0.717, 1.165) is 57.8 Å².